The fourth-order valence-electron chi connectivity index (χ4n) is 4.96. The van der Waals surface area contributed by atoms with Crippen molar-refractivity contribution in [3.05, 3.63) is 47.9 Å². The first-order valence-electron chi connectivity index (χ1n) is 12.1. The number of nitrogens with one attached hydrogen (secondary N) is 2. The Hall–Kier alpha value is -3.32. The van der Waals surface area contributed by atoms with E-state index < -0.39 is 0 Å². The van der Waals surface area contributed by atoms with Gasteiger partial charge in [-0.1, -0.05) is 12.1 Å². The topological polar surface area (TPSA) is 85.2 Å². The van der Waals surface area contributed by atoms with E-state index in [4.69, 9.17) is 19.0 Å². The first kappa shape index (κ1) is 22.5. The number of H-pyrrole nitrogens is 1. The fourth-order valence-corrected chi connectivity index (χ4v) is 4.96. The summed E-state index contributed by atoms with van der Waals surface area (Å²) in [4.78, 5) is 8.29. The maximum Gasteiger partial charge on any atom is 0.226 e. The molecule has 2 aromatic carbocycles. The summed E-state index contributed by atoms with van der Waals surface area (Å²) in [6.45, 7) is 4.40. The lowest BCUT2D eigenvalue weighted by Crippen LogP contribution is -2.27. The molecule has 34 heavy (non-hydrogen) atoms. The van der Waals surface area contributed by atoms with E-state index in [0.29, 0.717) is 11.6 Å². The van der Waals surface area contributed by atoms with Crippen LogP contribution in [0.1, 0.15) is 37.6 Å². The quantitative estimate of drug-likeness (QED) is 0.366. The average molecular weight is 461 g/mol. The number of rotatable bonds is 8. The molecule has 178 valence electrons. The van der Waals surface area contributed by atoms with Crippen molar-refractivity contribution in [2.75, 3.05) is 27.3 Å². The number of fused-ring (bicyclic) bond motifs is 1. The van der Waals surface area contributed by atoms with Gasteiger partial charge in [0, 0.05) is 34.1 Å². The maximum absolute atomic E-state index is 5.59. The predicted molar refractivity (Wildman–Crippen MR) is 133 cm³/mol. The van der Waals surface area contributed by atoms with Crippen LogP contribution in [-0.4, -0.2) is 42.4 Å². The summed E-state index contributed by atoms with van der Waals surface area (Å²) in [6, 6.07) is 12.3. The van der Waals surface area contributed by atoms with Gasteiger partial charge < -0.3 is 24.3 Å². The summed E-state index contributed by atoms with van der Waals surface area (Å²) >= 11 is 0. The van der Waals surface area contributed by atoms with Crippen LogP contribution in [0.2, 0.25) is 0 Å². The number of methoxy groups -OCH3 is 2. The molecule has 0 radical (unpaired) electrons. The normalized spacial score (nSPS) is 14.6. The number of hydrogen-bond donors (Lipinski definition) is 2. The minimum absolute atomic E-state index is 0.651. The molecule has 2 aromatic heterocycles. The Morgan fingerprint density at radius 2 is 1.79 bits per heavy atom. The highest BCUT2D eigenvalue weighted by atomic mass is 16.5. The Balaban J connectivity index is 1.42. The van der Waals surface area contributed by atoms with Crippen LogP contribution in [0.5, 0.6) is 11.5 Å². The van der Waals surface area contributed by atoms with Gasteiger partial charge in [-0.3, -0.25) is 0 Å². The molecule has 2 N–H and O–H groups in total. The third-order valence-corrected chi connectivity index (χ3v) is 6.88. The second kappa shape index (κ2) is 9.89. The molecule has 0 bridgehead atoms. The third kappa shape index (κ3) is 4.40. The number of aryl methyl sites for hydroxylation is 2. The zero-order chi connectivity index (χ0) is 23.5. The molecule has 4 aromatic rings. The van der Waals surface area contributed by atoms with Crippen LogP contribution >= 0.6 is 0 Å². The van der Waals surface area contributed by atoms with Gasteiger partial charge in [-0.2, -0.15) is 4.98 Å². The summed E-state index contributed by atoms with van der Waals surface area (Å²) in [7, 11) is 3.31. The smallest absolute Gasteiger partial charge is 0.226 e. The number of aromatic nitrogens is 3. The van der Waals surface area contributed by atoms with Crippen LogP contribution in [0.3, 0.4) is 0 Å². The number of benzene rings is 2. The summed E-state index contributed by atoms with van der Waals surface area (Å²) < 4.78 is 16.5. The molecule has 0 aliphatic carbocycles. The highest BCUT2D eigenvalue weighted by Crippen LogP contribution is 2.37. The SMILES string of the molecule is CCc1c(-c2ccc(OC)c(OC)c2)[nH]c2ccc(-c3noc(CCC4CCNCC4)n3)cc12. The molecule has 7 heteroatoms. The monoisotopic (exact) mass is 460 g/mol. The van der Waals surface area contributed by atoms with Crippen LogP contribution in [0, 0.1) is 5.92 Å². The first-order valence-corrected chi connectivity index (χ1v) is 12.1. The zero-order valence-corrected chi connectivity index (χ0v) is 20.1. The van der Waals surface area contributed by atoms with Gasteiger partial charge >= 0.3 is 0 Å². The van der Waals surface area contributed by atoms with Crippen molar-refractivity contribution in [3.8, 4) is 34.1 Å². The van der Waals surface area contributed by atoms with Crippen molar-refractivity contribution in [3.63, 3.8) is 0 Å². The van der Waals surface area contributed by atoms with E-state index in [1.54, 1.807) is 14.2 Å². The van der Waals surface area contributed by atoms with Gasteiger partial charge in [0.05, 0.1) is 14.2 Å². The molecule has 0 spiro atoms. The number of nitrogens with zero attached hydrogens (tertiary/aromatic N) is 2. The Morgan fingerprint density at radius 3 is 2.56 bits per heavy atom. The number of aromatic amines is 1. The van der Waals surface area contributed by atoms with Crippen molar-refractivity contribution >= 4 is 10.9 Å². The minimum Gasteiger partial charge on any atom is -0.493 e. The minimum atomic E-state index is 0.651. The van der Waals surface area contributed by atoms with Gasteiger partial charge in [-0.05, 0) is 86.7 Å². The van der Waals surface area contributed by atoms with E-state index in [0.717, 1.165) is 72.2 Å². The maximum atomic E-state index is 5.59. The lowest BCUT2D eigenvalue weighted by molar-refractivity contribution is 0.324. The second-order valence-corrected chi connectivity index (χ2v) is 8.91. The van der Waals surface area contributed by atoms with Crippen LogP contribution < -0.4 is 14.8 Å². The van der Waals surface area contributed by atoms with E-state index in [9.17, 15) is 0 Å². The highest BCUT2D eigenvalue weighted by molar-refractivity contribution is 5.93. The van der Waals surface area contributed by atoms with Crippen molar-refractivity contribution < 1.29 is 14.0 Å². The second-order valence-electron chi connectivity index (χ2n) is 8.91. The standard InChI is InChI=1S/C27H32N4O3/c1-4-20-21-15-19(27-30-25(34-31-27)10-5-17-11-13-28-14-12-17)6-8-22(21)29-26(20)18-7-9-23(32-2)24(16-18)33-3/h6-9,15-17,28-29H,4-5,10-14H2,1-3H3. The Bertz CT molecular complexity index is 1270. The third-order valence-electron chi connectivity index (χ3n) is 6.88. The number of piperidine rings is 1. The van der Waals surface area contributed by atoms with E-state index in [1.807, 2.05) is 12.1 Å². The van der Waals surface area contributed by atoms with Gasteiger partial charge in [0.15, 0.2) is 11.5 Å². The molecule has 5 rings (SSSR count). The molecule has 0 amide bonds. The van der Waals surface area contributed by atoms with Crippen LogP contribution in [0.15, 0.2) is 40.9 Å². The molecule has 3 heterocycles. The van der Waals surface area contributed by atoms with Crippen molar-refractivity contribution in [2.45, 2.75) is 39.0 Å². The summed E-state index contributed by atoms with van der Waals surface area (Å²) in [5.74, 6) is 3.55. The molecule has 0 atom stereocenters. The highest BCUT2D eigenvalue weighted by Gasteiger charge is 2.18. The largest absolute Gasteiger partial charge is 0.493 e. The number of hydrogen-bond acceptors (Lipinski definition) is 6. The lowest BCUT2D eigenvalue weighted by atomic mass is 9.93. The summed E-state index contributed by atoms with van der Waals surface area (Å²) in [5, 5.41) is 8.87. The average Bonchev–Trinajstić information content (AvgIpc) is 3.51. The van der Waals surface area contributed by atoms with Gasteiger partial charge in [0.25, 0.3) is 0 Å². The molecule has 0 unspecified atom stereocenters. The van der Waals surface area contributed by atoms with Gasteiger partial charge in [-0.25, -0.2) is 0 Å². The lowest BCUT2D eigenvalue weighted by Gasteiger charge is -2.21. The van der Waals surface area contributed by atoms with E-state index in [1.165, 1.54) is 23.8 Å². The van der Waals surface area contributed by atoms with E-state index in [2.05, 4.69) is 46.6 Å². The Morgan fingerprint density at radius 1 is 1.00 bits per heavy atom. The molecule has 1 aliphatic heterocycles. The predicted octanol–water partition coefficient (Wildman–Crippen LogP) is 5.40. The first-order chi connectivity index (χ1) is 16.7. The molecule has 7 nitrogen and oxygen atoms in total. The fraction of sp³-hybridized carbons (Fsp3) is 0.407. The number of ether oxygens (including phenoxy) is 2. The van der Waals surface area contributed by atoms with Gasteiger partial charge in [0.2, 0.25) is 11.7 Å². The molecular formula is C27H32N4O3. The van der Waals surface area contributed by atoms with Crippen molar-refractivity contribution in [1.29, 1.82) is 0 Å². The van der Waals surface area contributed by atoms with E-state index in [-0.39, 0.29) is 0 Å². The summed E-state index contributed by atoms with van der Waals surface area (Å²) in [5.41, 5.74) is 5.45. The molecule has 1 aliphatic rings. The molecular weight excluding hydrogens is 428 g/mol. The van der Waals surface area contributed by atoms with Crippen molar-refractivity contribution in [2.24, 2.45) is 5.92 Å². The molecule has 0 saturated carbocycles. The zero-order valence-electron chi connectivity index (χ0n) is 20.1. The van der Waals surface area contributed by atoms with Gasteiger partial charge in [-0.15, -0.1) is 0 Å². The Labute approximate surface area is 199 Å². The van der Waals surface area contributed by atoms with Crippen molar-refractivity contribution in [1.82, 2.24) is 20.4 Å². The Kier molecular flexibility index (Phi) is 6.54. The van der Waals surface area contributed by atoms with Crippen LogP contribution in [0.4, 0.5) is 0 Å². The van der Waals surface area contributed by atoms with Crippen LogP contribution in [0.25, 0.3) is 33.5 Å². The molecule has 1 saturated heterocycles. The van der Waals surface area contributed by atoms with E-state index >= 15 is 0 Å². The van der Waals surface area contributed by atoms with Crippen LogP contribution in [-0.2, 0) is 12.8 Å². The summed E-state index contributed by atoms with van der Waals surface area (Å²) in [6.07, 6.45) is 5.30. The molecule has 1 fully saturated rings. The van der Waals surface area contributed by atoms with Gasteiger partial charge in [0.1, 0.15) is 0 Å².